The van der Waals surface area contributed by atoms with Crippen LogP contribution in [0, 0.1) is 17.8 Å². The molecule has 1 aliphatic rings. The van der Waals surface area contributed by atoms with Gasteiger partial charge < -0.3 is 45.7 Å². The van der Waals surface area contributed by atoms with E-state index in [-0.39, 0.29) is 62.1 Å². The lowest BCUT2D eigenvalue weighted by Gasteiger charge is -2.39. The van der Waals surface area contributed by atoms with E-state index in [4.69, 9.17) is 19.9 Å². The third-order valence-electron chi connectivity index (χ3n) is 11.1. The smallest absolute Gasteiger partial charge is 0.322 e. The minimum atomic E-state index is -0.946. The lowest BCUT2D eigenvalue weighted by molar-refractivity contribution is -0.146. The van der Waals surface area contributed by atoms with Crippen molar-refractivity contribution in [3.8, 4) is 0 Å². The summed E-state index contributed by atoms with van der Waals surface area (Å²) in [5, 5.41) is 8.43. The summed E-state index contributed by atoms with van der Waals surface area (Å²) in [6.07, 6.45) is 0.868. The molecule has 1 aliphatic heterocycles. The number of likely N-dealkylation sites (N-methyl/N-ethyl adjacent to an activating group) is 2. The van der Waals surface area contributed by atoms with Crippen molar-refractivity contribution < 1.29 is 43.0 Å². The second-order valence-electron chi connectivity index (χ2n) is 16.0. The van der Waals surface area contributed by atoms with Crippen LogP contribution in [0.25, 0.3) is 0 Å². The standard InChI is InChI=1S/C42H71N7O9/c1-12-27(4)37(48(9)35(51)25-45-41(54)36(26(2)3)47(7)8)33(56-10)24-34(50)49-21-16-19-32(49)38(57-11)28(5)39(52)46-31(23-30-17-14-13-15-18-30)40(53)44-20-22-58-42(55)29(6)43/h13-15,17-18,26-29,31-33,36-38H,12,16,19-25,43H2,1-11H3,(H,44,53)(H,45,54)(H,46,52). The van der Waals surface area contributed by atoms with E-state index in [1.165, 1.54) is 21.1 Å². The van der Waals surface area contributed by atoms with Gasteiger partial charge in [0, 0.05) is 34.2 Å². The van der Waals surface area contributed by atoms with E-state index >= 15 is 0 Å². The number of ether oxygens (including phenoxy) is 3. The minimum absolute atomic E-state index is 0.0160. The van der Waals surface area contributed by atoms with Gasteiger partial charge in [-0.3, -0.25) is 33.7 Å². The highest BCUT2D eigenvalue weighted by molar-refractivity contribution is 5.89. The zero-order valence-electron chi connectivity index (χ0n) is 36.6. The van der Waals surface area contributed by atoms with E-state index in [0.29, 0.717) is 25.8 Å². The summed E-state index contributed by atoms with van der Waals surface area (Å²) in [6.45, 7) is 11.4. The number of methoxy groups -OCH3 is 2. The van der Waals surface area contributed by atoms with E-state index in [1.54, 1.807) is 23.8 Å². The molecule has 1 fully saturated rings. The summed E-state index contributed by atoms with van der Waals surface area (Å²) >= 11 is 0. The quantitative estimate of drug-likeness (QED) is 0.0867. The van der Waals surface area contributed by atoms with Gasteiger partial charge in [0.1, 0.15) is 18.7 Å². The maximum absolute atomic E-state index is 14.2. The Morgan fingerprint density at radius 3 is 2.12 bits per heavy atom. The number of likely N-dealkylation sites (tertiary alicyclic amines) is 1. The molecule has 0 bridgehead atoms. The maximum atomic E-state index is 14.2. The normalized spacial score (nSPS) is 18.3. The minimum Gasteiger partial charge on any atom is -0.463 e. The Labute approximate surface area is 345 Å². The third-order valence-corrected chi connectivity index (χ3v) is 11.1. The van der Waals surface area contributed by atoms with Crippen LogP contribution in [0.4, 0.5) is 0 Å². The molecule has 9 atom stereocenters. The number of amides is 5. The second kappa shape index (κ2) is 24.7. The highest BCUT2D eigenvalue weighted by atomic mass is 16.5. The van der Waals surface area contributed by atoms with E-state index in [9.17, 15) is 28.8 Å². The molecule has 328 valence electrons. The van der Waals surface area contributed by atoms with E-state index in [1.807, 2.05) is 77.0 Å². The fourth-order valence-electron chi connectivity index (χ4n) is 7.79. The number of nitrogens with zero attached hydrogens (tertiary/aromatic N) is 3. The average Bonchev–Trinajstić information content (AvgIpc) is 3.67. The van der Waals surface area contributed by atoms with Gasteiger partial charge in [-0.1, -0.05) is 71.4 Å². The van der Waals surface area contributed by atoms with Gasteiger partial charge in [-0.25, -0.2) is 0 Å². The average molecular weight is 818 g/mol. The summed E-state index contributed by atoms with van der Waals surface area (Å²) < 4.78 is 17.0. The molecule has 16 heteroatoms. The van der Waals surface area contributed by atoms with Crippen molar-refractivity contribution in [2.45, 2.75) is 116 Å². The molecular formula is C42H71N7O9. The molecular weight excluding hydrogens is 747 g/mol. The lowest BCUT2D eigenvalue weighted by atomic mass is 9.90. The number of carbonyl (C=O) groups excluding carboxylic acids is 6. The second-order valence-corrected chi connectivity index (χ2v) is 16.0. The van der Waals surface area contributed by atoms with Crippen LogP contribution in [0.15, 0.2) is 30.3 Å². The van der Waals surface area contributed by atoms with Crippen LogP contribution in [0.2, 0.25) is 0 Å². The Hall–Kier alpha value is -4.12. The van der Waals surface area contributed by atoms with E-state index < -0.39 is 66.1 Å². The fraction of sp³-hybridized carbons (Fsp3) is 0.714. The Morgan fingerprint density at radius 2 is 1.57 bits per heavy atom. The summed E-state index contributed by atoms with van der Waals surface area (Å²) in [7, 11) is 8.36. The van der Waals surface area contributed by atoms with Crippen LogP contribution in [0.1, 0.15) is 72.8 Å². The highest BCUT2D eigenvalue weighted by Crippen LogP contribution is 2.29. The van der Waals surface area contributed by atoms with Crippen molar-refractivity contribution in [2.24, 2.45) is 23.5 Å². The van der Waals surface area contributed by atoms with E-state index in [0.717, 1.165) is 5.56 Å². The van der Waals surface area contributed by atoms with Crippen molar-refractivity contribution in [2.75, 3.05) is 61.6 Å². The van der Waals surface area contributed by atoms with Gasteiger partial charge in [-0.15, -0.1) is 0 Å². The molecule has 2 rings (SSSR count). The van der Waals surface area contributed by atoms with Crippen LogP contribution < -0.4 is 21.7 Å². The first-order valence-corrected chi connectivity index (χ1v) is 20.5. The van der Waals surface area contributed by atoms with Gasteiger partial charge in [-0.05, 0) is 51.3 Å². The van der Waals surface area contributed by atoms with Crippen LogP contribution in [-0.4, -0.2) is 154 Å². The molecule has 5 N–H and O–H groups in total. The Morgan fingerprint density at radius 1 is 0.914 bits per heavy atom. The molecule has 1 aromatic rings. The fourth-order valence-corrected chi connectivity index (χ4v) is 7.79. The SMILES string of the molecule is CCC(C)C(C(CC(=O)N1CCCC1C(OC)C(C)C(=O)NC(Cc1ccccc1)C(=O)NCCOC(=O)C(C)N)OC)N(C)C(=O)CNC(=O)C(C(C)C)N(C)C. The number of hydrogen-bond acceptors (Lipinski definition) is 11. The van der Waals surface area contributed by atoms with Gasteiger partial charge in [0.05, 0.1) is 55.8 Å². The van der Waals surface area contributed by atoms with Crippen LogP contribution in [-0.2, 0) is 49.4 Å². The Kier molecular flexibility index (Phi) is 21.3. The number of carbonyl (C=O) groups is 6. The number of nitrogens with one attached hydrogen (secondary N) is 3. The molecule has 0 saturated carbocycles. The summed E-state index contributed by atoms with van der Waals surface area (Å²) in [6, 6.07) is 6.24. The summed E-state index contributed by atoms with van der Waals surface area (Å²) in [5.41, 5.74) is 6.38. The summed E-state index contributed by atoms with van der Waals surface area (Å²) in [4.78, 5) is 84.8. The van der Waals surface area contributed by atoms with Crippen molar-refractivity contribution in [1.29, 1.82) is 0 Å². The van der Waals surface area contributed by atoms with Crippen molar-refractivity contribution in [1.82, 2.24) is 30.7 Å². The predicted molar refractivity (Wildman–Crippen MR) is 221 cm³/mol. The molecule has 9 unspecified atom stereocenters. The Balaban J connectivity index is 2.20. The number of hydrogen-bond donors (Lipinski definition) is 4. The highest BCUT2D eigenvalue weighted by Gasteiger charge is 2.42. The number of rotatable bonds is 24. The molecule has 0 radical (unpaired) electrons. The van der Waals surface area contributed by atoms with Crippen molar-refractivity contribution in [3.63, 3.8) is 0 Å². The van der Waals surface area contributed by atoms with Crippen LogP contribution >= 0.6 is 0 Å². The topological polar surface area (TPSA) is 202 Å². The van der Waals surface area contributed by atoms with Gasteiger partial charge in [0.15, 0.2) is 0 Å². The molecule has 1 aromatic carbocycles. The van der Waals surface area contributed by atoms with Gasteiger partial charge in [-0.2, -0.15) is 0 Å². The van der Waals surface area contributed by atoms with Crippen molar-refractivity contribution in [3.05, 3.63) is 35.9 Å². The number of esters is 1. The first kappa shape index (κ1) is 50.0. The van der Waals surface area contributed by atoms with Crippen molar-refractivity contribution >= 4 is 35.5 Å². The monoisotopic (exact) mass is 818 g/mol. The van der Waals surface area contributed by atoms with Gasteiger partial charge in [0.25, 0.3) is 0 Å². The predicted octanol–water partition coefficient (Wildman–Crippen LogP) is 1.34. The first-order valence-electron chi connectivity index (χ1n) is 20.5. The zero-order valence-corrected chi connectivity index (χ0v) is 36.6. The molecule has 1 saturated heterocycles. The van der Waals surface area contributed by atoms with Gasteiger partial charge in [0.2, 0.25) is 29.5 Å². The zero-order chi connectivity index (χ0) is 43.7. The lowest BCUT2D eigenvalue weighted by Crippen LogP contribution is -2.56. The molecule has 58 heavy (non-hydrogen) atoms. The number of benzene rings is 1. The molecule has 5 amide bonds. The largest absolute Gasteiger partial charge is 0.463 e. The van der Waals surface area contributed by atoms with Crippen LogP contribution in [0.5, 0.6) is 0 Å². The number of nitrogens with two attached hydrogens (primary N) is 1. The Bertz CT molecular complexity index is 1470. The van der Waals surface area contributed by atoms with Gasteiger partial charge >= 0.3 is 5.97 Å². The molecule has 0 aliphatic carbocycles. The molecule has 1 heterocycles. The molecule has 0 spiro atoms. The maximum Gasteiger partial charge on any atom is 0.322 e. The van der Waals surface area contributed by atoms with Crippen LogP contribution in [0.3, 0.4) is 0 Å². The summed E-state index contributed by atoms with van der Waals surface area (Å²) in [5.74, 6) is -2.93. The molecule has 0 aromatic heterocycles. The third kappa shape index (κ3) is 14.6. The first-order chi connectivity index (χ1) is 27.4. The molecule has 16 nitrogen and oxygen atoms in total. The van der Waals surface area contributed by atoms with E-state index in [2.05, 4.69) is 16.0 Å².